The summed E-state index contributed by atoms with van der Waals surface area (Å²) in [7, 11) is 2.28. The Balaban J connectivity index is 1.89. The van der Waals surface area contributed by atoms with Gasteiger partial charge < -0.3 is 9.80 Å². The molecule has 2 aromatic rings. The quantitative estimate of drug-likeness (QED) is 0.805. The van der Waals surface area contributed by atoms with E-state index in [-0.39, 0.29) is 6.03 Å². The van der Waals surface area contributed by atoms with Gasteiger partial charge in [-0.05, 0) is 82.3 Å². The highest BCUT2D eigenvalue weighted by Gasteiger charge is 2.38. The van der Waals surface area contributed by atoms with Gasteiger partial charge in [0.15, 0.2) is 0 Å². The Kier molecular flexibility index (Phi) is 5.36. The highest BCUT2D eigenvalue weighted by Crippen LogP contribution is 2.46. The van der Waals surface area contributed by atoms with Crippen molar-refractivity contribution in [2.45, 2.75) is 71.8 Å². The number of likely N-dealkylation sites (N-methyl/N-ethyl adjacent to an activating group) is 1. The molecule has 0 bridgehead atoms. The minimum absolute atomic E-state index is 0.0215. The number of amides is 2. The van der Waals surface area contributed by atoms with E-state index in [2.05, 4.69) is 55.0 Å². The van der Waals surface area contributed by atoms with Gasteiger partial charge in [0.2, 0.25) is 0 Å². The summed E-state index contributed by atoms with van der Waals surface area (Å²) in [4.78, 5) is 17.3. The normalized spacial score (nSPS) is 21.5. The van der Waals surface area contributed by atoms with E-state index < -0.39 is 0 Å². The Bertz CT molecular complexity index is 925. The molecule has 1 aromatic carbocycles. The molecule has 1 fully saturated rings. The summed E-state index contributed by atoms with van der Waals surface area (Å²) in [5, 5.41) is 1.39. The first-order valence-electron chi connectivity index (χ1n) is 11.3. The van der Waals surface area contributed by atoms with Crippen LogP contribution in [0.2, 0.25) is 0 Å². The average molecular weight is 397 g/mol. The molecule has 29 heavy (non-hydrogen) atoms. The van der Waals surface area contributed by atoms with Crippen molar-refractivity contribution in [2.75, 3.05) is 32.1 Å². The van der Waals surface area contributed by atoms with Gasteiger partial charge in [-0.15, -0.1) is 0 Å². The second-order valence-electron chi connectivity index (χ2n) is 9.15. The fourth-order valence-electron chi connectivity index (χ4n) is 5.47. The Morgan fingerprint density at radius 2 is 2.00 bits per heavy atom. The predicted molar refractivity (Wildman–Crippen MR) is 121 cm³/mol. The third-order valence-electron chi connectivity index (χ3n) is 7.28. The molecule has 0 saturated carbocycles. The van der Waals surface area contributed by atoms with Crippen molar-refractivity contribution < 1.29 is 4.79 Å². The van der Waals surface area contributed by atoms with Gasteiger partial charge in [0.25, 0.3) is 0 Å². The van der Waals surface area contributed by atoms with Crippen LogP contribution in [0.4, 0.5) is 4.79 Å². The Labute approximate surface area is 175 Å². The zero-order chi connectivity index (χ0) is 20.9. The van der Waals surface area contributed by atoms with E-state index in [9.17, 15) is 4.79 Å². The largest absolute Gasteiger partial charge is 0.336 e. The third-order valence-corrected chi connectivity index (χ3v) is 7.28. The van der Waals surface area contributed by atoms with Gasteiger partial charge in [-0.3, -0.25) is 4.68 Å². The smallest absolute Gasteiger partial charge is 0.324 e. The zero-order valence-corrected chi connectivity index (χ0v) is 18.9. The molecular weight excluding hydrogens is 360 g/mol. The molecule has 1 aliphatic heterocycles. The van der Waals surface area contributed by atoms with Gasteiger partial charge in [-0.1, -0.05) is 19.9 Å². The highest BCUT2D eigenvalue weighted by molar-refractivity contribution is 5.94. The minimum atomic E-state index is -0.0215. The number of fused-ring (bicyclic) bond motifs is 2. The van der Waals surface area contributed by atoms with Crippen molar-refractivity contribution in [3.8, 4) is 0 Å². The summed E-state index contributed by atoms with van der Waals surface area (Å²) in [5.74, 6) is 1.05. The molecule has 0 spiro atoms. The topological polar surface area (TPSA) is 40.5 Å². The van der Waals surface area contributed by atoms with Crippen LogP contribution in [-0.4, -0.2) is 53.2 Å². The zero-order valence-electron chi connectivity index (χ0n) is 18.9. The molecule has 1 aliphatic carbocycles. The summed E-state index contributed by atoms with van der Waals surface area (Å²) in [6, 6.07) is 5.31. The summed E-state index contributed by atoms with van der Waals surface area (Å²) >= 11 is 0. The number of piperidine rings is 1. The van der Waals surface area contributed by atoms with Crippen molar-refractivity contribution in [3.63, 3.8) is 0 Å². The van der Waals surface area contributed by atoms with Crippen molar-refractivity contribution in [1.82, 2.24) is 14.5 Å². The fraction of sp³-hybridized carbons (Fsp3) is 0.625. The molecular formula is C24H36N4O. The predicted octanol–water partition coefficient (Wildman–Crippen LogP) is 4.81. The molecule has 158 valence electrons. The van der Waals surface area contributed by atoms with Crippen molar-refractivity contribution in [3.05, 3.63) is 34.5 Å². The molecule has 2 atom stereocenters. The van der Waals surface area contributed by atoms with Crippen molar-refractivity contribution in [2.24, 2.45) is 0 Å². The molecule has 1 saturated heterocycles. The number of hydrogen-bond acceptors (Lipinski definition) is 2. The maximum Gasteiger partial charge on any atom is 0.336 e. The first-order chi connectivity index (χ1) is 13.9. The Morgan fingerprint density at radius 1 is 1.28 bits per heavy atom. The van der Waals surface area contributed by atoms with E-state index in [0.717, 1.165) is 6.42 Å². The monoisotopic (exact) mass is 396 g/mol. The maximum atomic E-state index is 12.9. The molecule has 2 aliphatic rings. The molecule has 1 aromatic heterocycles. The molecule has 4 rings (SSSR count). The molecule has 0 radical (unpaired) electrons. The van der Waals surface area contributed by atoms with Gasteiger partial charge in [0.05, 0.1) is 5.52 Å². The lowest BCUT2D eigenvalue weighted by Gasteiger charge is -2.42. The molecule has 5 heteroatoms. The Morgan fingerprint density at radius 3 is 2.66 bits per heavy atom. The fourth-order valence-corrected chi connectivity index (χ4v) is 5.47. The number of likely N-dealkylation sites (tertiary alicyclic amines) is 1. The van der Waals surface area contributed by atoms with Crippen LogP contribution < -0.4 is 5.43 Å². The van der Waals surface area contributed by atoms with Crippen molar-refractivity contribution >= 4 is 16.9 Å². The van der Waals surface area contributed by atoms with Crippen LogP contribution in [0, 0.1) is 6.92 Å². The number of benzene rings is 1. The van der Waals surface area contributed by atoms with Crippen LogP contribution in [0.3, 0.4) is 0 Å². The van der Waals surface area contributed by atoms with E-state index in [4.69, 9.17) is 0 Å². The van der Waals surface area contributed by atoms with Crippen LogP contribution in [0.15, 0.2) is 12.1 Å². The van der Waals surface area contributed by atoms with E-state index >= 15 is 0 Å². The van der Waals surface area contributed by atoms with Gasteiger partial charge in [0.1, 0.15) is 0 Å². The molecule has 2 amide bonds. The summed E-state index contributed by atoms with van der Waals surface area (Å²) in [5.41, 5.74) is 9.85. The van der Waals surface area contributed by atoms with Crippen LogP contribution in [0.1, 0.15) is 74.8 Å². The molecule has 1 N–H and O–H groups in total. The number of hydrogen-bond donors (Lipinski definition) is 1. The summed E-state index contributed by atoms with van der Waals surface area (Å²) < 4.78 is 2.07. The highest BCUT2D eigenvalue weighted by atomic mass is 16.2. The van der Waals surface area contributed by atoms with Gasteiger partial charge in [-0.2, -0.15) is 0 Å². The van der Waals surface area contributed by atoms with Crippen LogP contribution in [0.5, 0.6) is 0 Å². The lowest BCUT2D eigenvalue weighted by atomic mass is 9.74. The second-order valence-corrected chi connectivity index (χ2v) is 9.15. The van der Waals surface area contributed by atoms with Gasteiger partial charge in [-0.25, -0.2) is 10.2 Å². The number of aromatic nitrogens is 1. The van der Waals surface area contributed by atoms with E-state index in [1.165, 1.54) is 52.7 Å². The first-order valence-corrected chi connectivity index (χ1v) is 11.3. The number of nitrogens with zero attached hydrogens (tertiary/aromatic N) is 3. The van der Waals surface area contributed by atoms with E-state index in [1.807, 2.05) is 18.7 Å². The molecule has 0 unspecified atom stereocenters. The summed E-state index contributed by atoms with van der Waals surface area (Å²) in [6.45, 7) is 13.3. The van der Waals surface area contributed by atoms with E-state index in [0.29, 0.717) is 31.0 Å². The Hall–Kier alpha value is -2.01. The molecule has 2 heterocycles. The van der Waals surface area contributed by atoms with Crippen molar-refractivity contribution in [1.29, 1.82) is 0 Å². The number of nitrogens with one attached hydrogen (secondary N) is 1. The second kappa shape index (κ2) is 7.67. The third kappa shape index (κ3) is 3.24. The van der Waals surface area contributed by atoms with Crippen LogP contribution >= 0.6 is 0 Å². The number of urea groups is 1. The standard InChI is InChI=1S/C24H36N4O/c1-7-27(8-2)24(29)25-28-16(5)19-14-21-18(10-9-11-26(21)6)20-12-17(15(3)4)13-22(28)23(19)20/h12-13,15,18,21H,7-11,14H2,1-6H3,(H,25,29)/t18-,21-/m1/s1. The van der Waals surface area contributed by atoms with Gasteiger partial charge in [0, 0.05) is 36.1 Å². The maximum absolute atomic E-state index is 12.9. The van der Waals surface area contributed by atoms with Crippen LogP contribution in [-0.2, 0) is 6.42 Å². The number of carbonyl (C=O) groups is 1. The lowest BCUT2D eigenvalue weighted by molar-refractivity contribution is 0.157. The number of rotatable bonds is 4. The van der Waals surface area contributed by atoms with Gasteiger partial charge >= 0.3 is 6.03 Å². The molecule has 5 nitrogen and oxygen atoms in total. The lowest BCUT2D eigenvalue weighted by Crippen LogP contribution is -2.44. The number of carbonyl (C=O) groups excluding carboxylic acids is 1. The first kappa shape index (κ1) is 20.3. The summed E-state index contributed by atoms with van der Waals surface area (Å²) in [6.07, 6.45) is 3.60. The van der Waals surface area contributed by atoms with Crippen LogP contribution in [0.25, 0.3) is 10.9 Å². The SMILES string of the molecule is CCN(CC)C(=O)Nn1c(C)c2c3c(cc(C(C)C)cc31)[C@H]1CCCN(C)[C@@H]1C2. The average Bonchev–Trinajstić information content (AvgIpc) is 2.96. The van der Waals surface area contributed by atoms with E-state index in [1.54, 1.807) is 0 Å². The minimum Gasteiger partial charge on any atom is -0.324 e.